The standard InChI is InChI=1S/C22H34O2Si/c1-15(23)21-14-16-13-17(24-25(5,6)22(2,3)4)11-12-18(16)19-9-7-8-10-20(19)21/h14,17H,7-13H2,1-6H3. The summed E-state index contributed by atoms with van der Waals surface area (Å²) < 4.78 is 6.70. The molecule has 0 amide bonds. The van der Waals surface area contributed by atoms with Crippen molar-refractivity contribution in [2.75, 3.05) is 0 Å². The lowest BCUT2D eigenvalue weighted by Crippen LogP contribution is -2.45. The second-order valence-corrected chi connectivity index (χ2v) is 14.3. The van der Waals surface area contributed by atoms with Crippen LogP contribution in [0, 0.1) is 0 Å². The van der Waals surface area contributed by atoms with Gasteiger partial charge in [0, 0.05) is 11.7 Å². The van der Waals surface area contributed by atoms with Gasteiger partial charge in [0.25, 0.3) is 0 Å². The first-order valence-corrected chi connectivity index (χ1v) is 12.9. The maximum Gasteiger partial charge on any atom is 0.192 e. The minimum absolute atomic E-state index is 0.230. The van der Waals surface area contributed by atoms with E-state index in [4.69, 9.17) is 4.43 Å². The summed E-state index contributed by atoms with van der Waals surface area (Å²) in [6.07, 6.45) is 8.28. The molecule has 1 atom stereocenters. The number of carbonyl (C=O) groups excluding carboxylic acids is 1. The number of benzene rings is 1. The van der Waals surface area contributed by atoms with Crippen molar-refractivity contribution in [3.8, 4) is 0 Å². The van der Waals surface area contributed by atoms with Crippen molar-refractivity contribution < 1.29 is 9.22 Å². The monoisotopic (exact) mass is 358 g/mol. The molecule has 0 bridgehead atoms. The van der Waals surface area contributed by atoms with E-state index < -0.39 is 8.32 Å². The molecule has 1 aromatic carbocycles. The third-order valence-electron chi connectivity index (χ3n) is 6.67. The number of ketones is 1. The molecule has 1 unspecified atom stereocenters. The van der Waals surface area contributed by atoms with Gasteiger partial charge in [0.2, 0.25) is 0 Å². The van der Waals surface area contributed by atoms with Gasteiger partial charge in [-0.05, 0) is 98.3 Å². The number of hydrogen-bond donors (Lipinski definition) is 0. The van der Waals surface area contributed by atoms with E-state index in [0.29, 0.717) is 6.10 Å². The SMILES string of the molecule is CC(=O)c1cc2c(c3c1CCCC3)CCC(O[Si](C)(C)C(C)(C)C)C2. The van der Waals surface area contributed by atoms with Gasteiger partial charge in [-0.2, -0.15) is 0 Å². The Morgan fingerprint density at radius 1 is 1.08 bits per heavy atom. The molecule has 0 saturated carbocycles. The largest absolute Gasteiger partial charge is 0.414 e. The second-order valence-electron chi connectivity index (χ2n) is 9.53. The van der Waals surface area contributed by atoms with Gasteiger partial charge in [-0.1, -0.05) is 20.8 Å². The van der Waals surface area contributed by atoms with Gasteiger partial charge in [0.1, 0.15) is 0 Å². The van der Waals surface area contributed by atoms with Crippen molar-refractivity contribution >= 4 is 14.1 Å². The Morgan fingerprint density at radius 3 is 2.32 bits per heavy atom. The van der Waals surface area contributed by atoms with Crippen LogP contribution in [0.3, 0.4) is 0 Å². The molecule has 3 rings (SSSR count). The second kappa shape index (κ2) is 6.66. The zero-order chi connectivity index (χ0) is 18.4. The summed E-state index contributed by atoms with van der Waals surface area (Å²) in [5.74, 6) is 0.230. The van der Waals surface area contributed by atoms with E-state index >= 15 is 0 Å². The van der Waals surface area contributed by atoms with Crippen LogP contribution in [0.1, 0.15) is 79.6 Å². The molecular formula is C22H34O2Si. The zero-order valence-electron chi connectivity index (χ0n) is 16.9. The molecular weight excluding hydrogens is 324 g/mol. The lowest BCUT2D eigenvalue weighted by molar-refractivity contribution is 0.101. The third kappa shape index (κ3) is 3.64. The predicted molar refractivity (Wildman–Crippen MR) is 107 cm³/mol. The van der Waals surface area contributed by atoms with E-state index in [1.807, 2.05) is 0 Å². The Labute approximate surface area is 154 Å². The van der Waals surface area contributed by atoms with Crippen LogP contribution < -0.4 is 0 Å². The molecule has 0 radical (unpaired) electrons. The zero-order valence-corrected chi connectivity index (χ0v) is 17.9. The van der Waals surface area contributed by atoms with Gasteiger partial charge in [0.05, 0.1) is 0 Å². The van der Waals surface area contributed by atoms with Crippen molar-refractivity contribution in [2.45, 2.75) is 96.9 Å². The Morgan fingerprint density at radius 2 is 1.72 bits per heavy atom. The van der Waals surface area contributed by atoms with Crippen LogP contribution in [0.5, 0.6) is 0 Å². The lowest BCUT2D eigenvalue weighted by Gasteiger charge is -2.41. The molecule has 2 aliphatic carbocycles. The smallest absolute Gasteiger partial charge is 0.192 e. The van der Waals surface area contributed by atoms with E-state index in [1.165, 1.54) is 29.5 Å². The topological polar surface area (TPSA) is 26.3 Å². The molecule has 0 spiro atoms. The first-order valence-electron chi connectivity index (χ1n) is 9.95. The van der Waals surface area contributed by atoms with Gasteiger partial charge in [-0.3, -0.25) is 4.79 Å². The summed E-state index contributed by atoms with van der Waals surface area (Å²) >= 11 is 0. The van der Waals surface area contributed by atoms with Crippen molar-refractivity contribution in [3.05, 3.63) is 33.9 Å². The molecule has 138 valence electrons. The highest BCUT2D eigenvalue weighted by Crippen LogP contribution is 2.40. The molecule has 0 aliphatic heterocycles. The maximum atomic E-state index is 12.2. The molecule has 0 aromatic heterocycles. The first kappa shape index (κ1) is 18.8. The predicted octanol–water partition coefficient (Wildman–Crippen LogP) is 5.65. The van der Waals surface area contributed by atoms with Crippen molar-refractivity contribution in [1.82, 2.24) is 0 Å². The van der Waals surface area contributed by atoms with Crippen LogP contribution >= 0.6 is 0 Å². The van der Waals surface area contributed by atoms with Gasteiger partial charge >= 0.3 is 0 Å². The Kier molecular flexibility index (Phi) is 5.02. The highest BCUT2D eigenvalue weighted by Gasteiger charge is 2.40. The first-order chi connectivity index (χ1) is 11.6. The van der Waals surface area contributed by atoms with Gasteiger partial charge in [0.15, 0.2) is 14.1 Å². The van der Waals surface area contributed by atoms with Crippen LogP contribution in [-0.2, 0) is 30.1 Å². The minimum Gasteiger partial charge on any atom is -0.414 e. The van der Waals surface area contributed by atoms with E-state index in [1.54, 1.807) is 12.5 Å². The summed E-state index contributed by atoms with van der Waals surface area (Å²) in [7, 11) is -1.74. The number of rotatable bonds is 3. The summed E-state index contributed by atoms with van der Waals surface area (Å²) in [6, 6.07) is 2.21. The maximum absolute atomic E-state index is 12.2. The Bertz CT molecular complexity index is 682. The number of Topliss-reactive ketones (excluding diaryl/α,β-unsaturated/α-hetero) is 1. The quantitative estimate of drug-likeness (QED) is 0.516. The highest BCUT2D eigenvalue weighted by molar-refractivity contribution is 6.74. The van der Waals surface area contributed by atoms with Crippen molar-refractivity contribution in [2.24, 2.45) is 0 Å². The molecule has 0 heterocycles. The summed E-state index contributed by atoms with van der Waals surface area (Å²) in [4.78, 5) is 12.2. The highest BCUT2D eigenvalue weighted by atomic mass is 28.4. The van der Waals surface area contributed by atoms with Crippen LogP contribution in [0.15, 0.2) is 6.07 Å². The van der Waals surface area contributed by atoms with Crippen molar-refractivity contribution in [3.63, 3.8) is 0 Å². The number of fused-ring (bicyclic) bond motifs is 3. The molecule has 25 heavy (non-hydrogen) atoms. The van der Waals surface area contributed by atoms with Crippen LogP contribution in [-0.4, -0.2) is 20.2 Å². The number of carbonyl (C=O) groups is 1. The Balaban J connectivity index is 1.91. The average molecular weight is 359 g/mol. The van der Waals surface area contributed by atoms with E-state index in [-0.39, 0.29) is 10.8 Å². The van der Waals surface area contributed by atoms with Gasteiger partial charge in [-0.15, -0.1) is 0 Å². The molecule has 3 heteroatoms. The lowest BCUT2D eigenvalue weighted by atomic mass is 9.77. The van der Waals surface area contributed by atoms with Crippen LogP contribution in [0.4, 0.5) is 0 Å². The fourth-order valence-corrected chi connectivity index (χ4v) is 5.62. The fourth-order valence-electron chi connectivity index (χ4n) is 4.23. The van der Waals surface area contributed by atoms with Crippen LogP contribution in [0.25, 0.3) is 0 Å². The minimum atomic E-state index is -1.74. The van der Waals surface area contributed by atoms with Gasteiger partial charge < -0.3 is 4.43 Å². The molecule has 2 aliphatic rings. The molecule has 1 aromatic rings. The summed E-state index contributed by atoms with van der Waals surface area (Å²) in [5, 5.41) is 0.244. The van der Waals surface area contributed by atoms with Gasteiger partial charge in [-0.25, -0.2) is 0 Å². The van der Waals surface area contributed by atoms with Crippen LogP contribution in [0.2, 0.25) is 18.1 Å². The number of hydrogen-bond acceptors (Lipinski definition) is 2. The molecule has 0 saturated heterocycles. The molecule has 2 nitrogen and oxygen atoms in total. The van der Waals surface area contributed by atoms with E-state index in [0.717, 1.165) is 37.7 Å². The molecule has 0 N–H and O–H groups in total. The van der Waals surface area contributed by atoms with E-state index in [9.17, 15) is 4.79 Å². The van der Waals surface area contributed by atoms with Crippen molar-refractivity contribution in [1.29, 1.82) is 0 Å². The summed E-state index contributed by atoms with van der Waals surface area (Å²) in [5.41, 5.74) is 6.80. The molecule has 0 fully saturated rings. The third-order valence-corrected chi connectivity index (χ3v) is 11.2. The normalized spacial score (nSPS) is 20.8. The summed E-state index contributed by atoms with van der Waals surface area (Å²) in [6.45, 7) is 13.3. The van der Waals surface area contributed by atoms with E-state index in [2.05, 4.69) is 39.9 Å². The average Bonchev–Trinajstić information content (AvgIpc) is 2.52. The fraction of sp³-hybridized carbons (Fsp3) is 0.682. The Hall–Kier alpha value is -0.933.